The van der Waals surface area contributed by atoms with Gasteiger partial charge in [0.25, 0.3) is 5.91 Å². The largest absolute Gasteiger partial charge is 0.272 e. The molecule has 0 atom stereocenters. The van der Waals surface area contributed by atoms with Crippen LogP contribution in [0.15, 0.2) is 10.1 Å². The summed E-state index contributed by atoms with van der Waals surface area (Å²) in [4.78, 5) is 15.0. The highest BCUT2D eigenvalue weighted by molar-refractivity contribution is 9.22. The molecule has 2 aliphatic rings. The minimum Gasteiger partial charge on any atom is -0.272 e. The van der Waals surface area contributed by atoms with Crippen LogP contribution in [0.5, 0.6) is 0 Å². The zero-order valence-corrected chi connectivity index (χ0v) is 8.43. The molecule has 1 amide bonds. The number of hydrogen-bond acceptors (Lipinski definition) is 3. The first-order valence-electron chi connectivity index (χ1n) is 3.50. The first-order valence-corrected chi connectivity index (χ1v) is 5.11. The van der Waals surface area contributed by atoms with E-state index in [4.69, 9.17) is 0 Å². The molecular formula is C6H5BrN3OS. The summed E-state index contributed by atoms with van der Waals surface area (Å²) in [6.45, 7) is 0. The highest BCUT2D eigenvalue weighted by atomic mass is 79.9. The molecule has 0 aromatic carbocycles. The van der Waals surface area contributed by atoms with Gasteiger partial charge in [0.05, 0.1) is 0 Å². The van der Waals surface area contributed by atoms with Gasteiger partial charge < -0.3 is 0 Å². The molecule has 1 aliphatic heterocycles. The molecule has 12 heavy (non-hydrogen) atoms. The van der Waals surface area contributed by atoms with Gasteiger partial charge in [-0.3, -0.25) is 4.79 Å². The van der Waals surface area contributed by atoms with Crippen LogP contribution in [0.4, 0.5) is 0 Å². The molecule has 2 rings (SSSR count). The number of amidine groups is 1. The first kappa shape index (κ1) is 8.25. The molecule has 0 aromatic heterocycles. The van der Waals surface area contributed by atoms with Crippen molar-refractivity contribution in [3.8, 4) is 0 Å². The lowest BCUT2D eigenvalue weighted by Crippen LogP contribution is -2.05. The van der Waals surface area contributed by atoms with E-state index in [0.29, 0.717) is 9.12 Å². The summed E-state index contributed by atoms with van der Waals surface area (Å²) in [6, 6.07) is 0. The Morgan fingerprint density at radius 3 is 2.92 bits per heavy atom. The third-order valence-corrected chi connectivity index (χ3v) is 2.77. The summed E-state index contributed by atoms with van der Waals surface area (Å²) in [7, 11) is 0. The molecule has 0 unspecified atom stereocenters. The van der Waals surface area contributed by atoms with Gasteiger partial charge in [0.2, 0.25) is 5.17 Å². The van der Waals surface area contributed by atoms with E-state index in [9.17, 15) is 4.79 Å². The SMILES string of the molecule is O=C(N=C1[N]N=C(Br)S1)C1CC1. The fourth-order valence-corrected chi connectivity index (χ4v) is 1.72. The highest BCUT2D eigenvalue weighted by Crippen LogP contribution is 2.30. The summed E-state index contributed by atoms with van der Waals surface area (Å²) in [5, 5.41) is 4.13. The topological polar surface area (TPSA) is 55.9 Å². The van der Waals surface area contributed by atoms with Crippen molar-refractivity contribution in [2.75, 3.05) is 0 Å². The lowest BCUT2D eigenvalue weighted by atomic mass is 10.4. The number of carbonyl (C=O) groups is 1. The lowest BCUT2D eigenvalue weighted by Gasteiger charge is -1.89. The van der Waals surface area contributed by atoms with E-state index < -0.39 is 0 Å². The fourth-order valence-electron chi connectivity index (χ4n) is 0.759. The third-order valence-electron chi connectivity index (χ3n) is 1.52. The average molecular weight is 247 g/mol. The molecule has 1 saturated carbocycles. The van der Waals surface area contributed by atoms with Crippen LogP contribution in [0.1, 0.15) is 12.8 Å². The summed E-state index contributed by atoms with van der Waals surface area (Å²) < 4.78 is 0.657. The summed E-state index contributed by atoms with van der Waals surface area (Å²) in [5.41, 5.74) is 3.70. The maximum atomic E-state index is 11.1. The Labute approximate surface area is 82.0 Å². The van der Waals surface area contributed by atoms with Crippen molar-refractivity contribution in [2.45, 2.75) is 12.8 Å². The predicted molar refractivity (Wildman–Crippen MR) is 51.3 cm³/mol. The molecule has 1 heterocycles. The van der Waals surface area contributed by atoms with E-state index in [1.165, 1.54) is 11.8 Å². The number of carbonyl (C=O) groups excluding carboxylic acids is 1. The van der Waals surface area contributed by atoms with Gasteiger partial charge in [0, 0.05) is 5.92 Å². The van der Waals surface area contributed by atoms with Crippen molar-refractivity contribution in [2.24, 2.45) is 16.0 Å². The van der Waals surface area contributed by atoms with Gasteiger partial charge in [-0.25, -0.2) is 0 Å². The minimum absolute atomic E-state index is 0.0568. The van der Waals surface area contributed by atoms with Crippen LogP contribution in [-0.4, -0.2) is 15.0 Å². The van der Waals surface area contributed by atoms with Gasteiger partial charge in [0.1, 0.15) is 0 Å². The standard InChI is InChI=1S/C6H5BrN3OS/c7-5-9-10-6(12-5)8-4(11)3-1-2-3/h3H,1-2H2. The van der Waals surface area contributed by atoms with Gasteiger partial charge in [-0.15, -0.1) is 10.5 Å². The monoisotopic (exact) mass is 246 g/mol. The molecule has 0 N–H and O–H groups in total. The molecule has 4 nitrogen and oxygen atoms in total. The molecule has 1 radical (unpaired) electrons. The molecular weight excluding hydrogens is 242 g/mol. The van der Waals surface area contributed by atoms with Crippen LogP contribution in [-0.2, 0) is 4.79 Å². The van der Waals surface area contributed by atoms with Gasteiger partial charge >= 0.3 is 0 Å². The number of thioether (sulfide) groups is 1. The zero-order valence-electron chi connectivity index (χ0n) is 6.03. The summed E-state index contributed by atoms with van der Waals surface area (Å²) in [5.74, 6) is 0.103. The third kappa shape index (κ3) is 1.87. The Bertz CT molecular complexity index is 285. The van der Waals surface area contributed by atoms with Crippen molar-refractivity contribution >= 4 is 42.7 Å². The predicted octanol–water partition coefficient (Wildman–Crippen LogP) is 1.30. The van der Waals surface area contributed by atoms with Gasteiger partial charge in [-0.05, 0) is 40.5 Å². The van der Waals surface area contributed by atoms with Gasteiger partial charge in [-0.1, -0.05) is 0 Å². The Hall–Kier alpha value is -0.360. The smallest absolute Gasteiger partial charge is 0.251 e. The second-order valence-electron chi connectivity index (χ2n) is 2.56. The number of aliphatic imine (C=N–C) groups is 1. The quantitative estimate of drug-likeness (QED) is 0.701. The number of nitrogens with zero attached hydrogens (tertiary/aromatic N) is 3. The van der Waals surface area contributed by atoms with Gasteiger partial charge in [-0.2, -0.15) is 4.99 Å². The number of rotatable bonds is 1. The van der Waals surface area contributed by atoms with Gasteiger partial charge in [0.15, 0.2) is 3.95 Å². The van der Waals surface area contributed by atoms with E-state index in [-0.39, 0.29) is 11.8 Å². The number of halogens is 1. The fraction of sp³-hybridized carbons (Fsp3) is 0.500. The second-order valence-corrected chi connectivity index (χ2v) is 4.79. The van der Waals surface area contributed by atoms with Crippen molar-refractivity contribution < 1.29 is 4.79 Å². The van der Waals surface area contributed by atoms with E-state index in [1.807, 2.05) is 0 Å². The Balaban J connectivity index is 1.96. The lowest BCUT2D eigenvalue weighted by molar-refractivity contribution is -0.118. The van der Waals surface area contributed by atoms with Crippen LogP contribution in [0.25, 0.3) is 0 Å². The molecule has 0 bridgehead atoms. The second kappa shape index (κ2) is 3.18. The maximum absolute atomic E-state index is 11.1. The molecule has 0 saturated heterocycles. The van der Waals surface area contributed by atoms with E-state index in [1.54, 1.807) is 0 Å². The molecule has 1 fully saturated rings. The van der Waals surface area contributed by atoms with Crippen molar-refractivity contribution in [1.29, 1.82) is 0 Å². The molecule has 0 aromatic rings. The molecule has 0 spiro atoms. The first-order chi connectivity index (χ1) is 5.75. The summed E-state index contributed by atoms with van der Waals surface area (Å²) >= 11 is 4.42. The molecule has 6 heteroatoms. The Morgan fingerprint density at radius 1 is 1.67 bits per heavy atom. The highest BCUT2D eigenvalue weighted by Gasteiger charge is 2.30. The van der Waals surface area contributed by atoms with Crippen LogP contribution in [0.2, 0.25) is 0 Å². The average Bonchev–Trinajstić information content (AvgIpc) is 2.78. The normalized spacial score (nSPS) is 25.4. The van der Waals surface area contributed by atoms with E-state index in [0.717, 1.165) is 12.8 Å². The minimum atomic E-state index is -0.0568. The van der Waals surface area contributed by atoms with E-state index in [2.05, 4.69) is 31.4 Å². The zero-order chi connectivity index (χ0) is 8.55. The van der Waals surface area contributed by atoms with Crippen LogP contribution >= 0.6 is 27.7 Å². The van der Waals surface area contributed by atoms with Crippen molar-refractivity contribution in [1.82, 2.24) is 5.43 Å². The Kier molecular flexibility index (Phi) is 2.18. The van der Waals surface area contributed by atoms with Crippen molar-refractivity contribution in [3.63, 3.8) is 0 Å². The van der Waals surface area contributed by atoms with Crippen LogP contribution in [0.3, 0.4) is 0 Å². The molecule has 63 valence electrons. The van der Waals surface area contributed by atoms with Crippen molar-refractivity contribution in [3.05, 3.63) is 0 Å². The summed E-state index contributed by atoms with van der Waals surface area (Å²) in [6.07, 6.45) is 1.95. The maximum Gasteiger partial charge on any atom is 0.251 e. The number of hydrogen-bond donors (Lipinski definition) is 0. The Morgan fingerprint density at radius 2 is 2.42 bits per heavy atom. The van der Waals surface area contributed by atoms with Crippen LogP contribution in [0, 0.1) is 5.92 Å². The molecule has 1 aliphatic carbocycles. The van der Waals surface area contributed by atoms with E-state index >= 15 is 0 Å². The van der Waals surface area contributed by atoms with Crippen LogP contribution < -0.4 is 5.43 Å². The number of amides is 1.